The summed E-state index contributed by atoms with van der Waals surface area (Å²) in [5, 5.41) is 3.98. The second-order valence-corrected chi connectivity index (χ2v) is 6.30. The molecule has 0 unspecified atom stereocenters. The largest absolute Gasteiger partial charge is 0.497 e. The molecule has 0 atom stereocenters. The molecule has 4 heteroatoms. The van der Waals surface area contributed by atoms with Crippen LogP contribution in [0.5, 0.6) is 5.75 Å². The molecule has 0 fully saturated rings. The van der Waals surface area contributed by atoms with Crippen LogP contribution in [0.2, 0.25) is 0 Å². The van der Waals surface area contributed by atoms with E-state index in [0.29, 0.717) is 5.56 Å². The maximum atomic E-state index is 12.1. The zero-order valence-corrected chi connectivity index (χ0v) is 14.0. The second kappa shape index (κ2) is 7.09. The Bertz CT molecular complexity index is 681. The Morgan fingerprint density at radius 1 is 1.04 bits per heavy atom. The molecular formula is C19H22N2O2. The first kappa shape index (κ1) is 16.7. The van der Waals surface area contributed by atoms with Gasteiger partial charge in [0.05, 0.1) is 13.3 Å². The molecule has 1 amide bonds. The van der Waals surface area contributed by atoms with E-state index in [1.807, 2.05) is 48.5 Å². The fraction of sp³-hybridized carbons (Fsp3) is 0.263. The third-order valence-electron chi connectivity index (χ3n) is 3.51. The molecule has 0 aliphatic carbocycles. The molecule has 0 radical (unpaired) electrons. The van der Waals surface area contributed by atoms with Crippen molar-refractivity contribution in [1.82, 2.24) is 5.43 Å². The monoisotopic (exact) mass is 310 g/mol. The van der Waals surface area contributed by atoms with Crippen molar-refractivity contribution >= 4 is 12.1 Å². The third kappa shape index (κ3) is 4.68. The SMILES string of the molecule is COc1ccc(/C=N\NC(=O)c2ccc(C(C)(C)C)cc2)cc1. The van der Waals surface area contributed by atoms with Gasteiger partial charge in [0.1, 0.15) is 5.75 Å². The van der Waals surface area contributed by atoms with Crippen molar-refractivity contribution in [1.29, 1.82) is 0 Å². The Kier molecular flexibility index (Phi) is 5.16. The molecule has 0 aromatic heterocycles. The van der Waals surface area contributed by atoms with Gasteiger partial charge in [0, 0.05) is 5.56 Å². The fourth-order valence-corrected chi connectivity index (χ4v) is 2.04. The van der Waals surface area contributed by atoms with E-state index in [2.05, 4.69) is 31.3 Å². The summed E-state index contributed by atoms with van der Waals surface area (Å²) in [6, 6.07) is 15.0. The fourth-order valence-electron chi connectivity index (χ4n) is 2.04. The molecule has 0 spiro atoms. The van der Waals surface area contributed by atoms with Gasteiger partial charge in [-0.25, -0.2) is 5.43 Å². The molecule has 23 heavy (non-hydrogen) atoms. The lowest BCUT2D eigenvalue weighted by Crippen LogP contribution is -2.18. The predicted molar refractivity (Wildman–Crippen MR) is 93.2 cm³/mol. The molecule has 0 aliphatic heterocycles. The summed E-state index contributed by atoms with van der Waals surface area (Å²) in [5.74, 6) is 0.556. The maximum Gasteiger partial charge on any atom is 0.271 e. The lowest BCUT2D eigenvalue weighted by molar-refractivity contribution is 0.0955. The zero-order valence-electron chi connectivity index (χ0n) is 14.0. The van der Waals surface area contributed by atoms with Gasteiger partial charge in [-0.3, -0.25) is 4.79 Å². The first-order chi connectivity index (χ1) is 10.9. The number of amides is 1. The summed E-state index contributed by atoms with van der Waals surface area (Å²) >= 11 is 0. The predicted octanol–water partition coefficient (Wildman–Crippen LogP) is 3.76. The van der Waals surface area contributed by atoms with Crippen LogP contribution in [-0.4, -0.2) is 19.2 Å². The minimum Gasteiger partial charge on any atom is -0.497 e. The minimum absolute atomic E-state index is 0.0710. The van der Waals surface area contributed by atoms with E-state index in [1.165, 1.54) is 5.56 Å². The quantitative estimate of drug-likeness (QED) is 0.690. The van der Waals surface area contributed by atoms with Crippen LogP contribution >= 0.6 is 0 Å². The Morgan fingerprint density at radius 2 is 1.65 bits per heavy atom. The van der Waals surface area contributed by atoms with E-state index < -0.39 is 0 Å². The lowest BCUT2D eigenvalue weighted by Gasteiger charge is -2.18. The van der Waals surface area contributed by atoms with E-state index in [-0.39, 0.29) is 11.3 Å². The van der Waals surface area contributed by atoms with Crippen LogP contribution in [0.15, 0.2) is 53.6 Å². The summed E-state index contributed by atoms with van der Waals surface area (Å²) in [6.45, 7) is 6.42. The average Bonchev–Trinajstić information content (AvgIpc) is 2.54. The third-order valence-corrected chi connectivity index (χ3v) is 3.51. The van der Waals surface area contributed by atoms with Gasteiger partial charge in [-0.05, 0) is 52.9 Å². The standard InChI is InChI=1S/C19H22N2O2/c1-19(2,3)16-9-7-15(8-10-16)18(22)21-20-13-14-5-11-17(23-4)12-6-14/h5-13H,1-4H3,(H,21,22)/b20-13-. The zero-order chi connectivity index (χ0) is 16.9. The van der Waals surface area contributed by atoms with Gasteiger partial charge in [-0.15, -0.1) is 0 Å². The van der Waals surface area contributed by atoms with Gasteiger partial charge in [0.15, 0.2) is 0 Å². The van der Waals surface area contributed by atoms with E-state index in [0.717, 1.165) is 11.3 Å². The summed E-state index contributed by atoms with van der Waals surface area (Å²) in [6.07, 6.45) is 1.60. The number of benzene rings is 2. The van der Waals surface area contributed by atoms with Crippen LogP contribution < -0.4 is 10.2 Å². The van der Waals surface area contributed by atoms with Crippen molar-refractivity contribution in [3.8, 4) is 5.75 Å². The number of hydrogen-bond acceptors (Lipinski definition) is 3. The molecule has 0 aliphatic rings. The number of hydrogen-bond donors (Lipinski definition) is 1. The van der Waals surface area contributed by atoms with Crippen LogP contribution in [0.1, 0.15) is 42.3 Å². The summed E-state index contributed by atoms with van der Waals surface area (Å²) < 4.78 is 5.09. The number of carbonyl (C=O) groups is 1. The highest BCUT2D eigenvalue weighted by Gasteiger charge is 2.14. The van der Waals surface area contributed by atoms with Crippen molar-refractivity contribution in [3.63, 3.8) is 0 Å². The van der Waals surface area contributed by atoms with E-state index in [9.17, 15) is 4.79 Å². The van der Waals surface area contributed by atoms with Crippen LogP contribution in [0, 0.1) is 0 Å². The van der Waals surface area contributed by atoms with Gasteiger partial charge >= 0.3 is 0 Å². The number of hydrazone groups is 1. The molecule has 0 saturated carbocycles. The molecule has 0 heterocycles. The van der Waals surface area contributed by atoms with Gasteiger partial charge in [0.25, 0.3) is 5.91 Å². The van der Waals surface area contributed by atoms with Crippen molar-refractivity contribution in [3.05, 3.63) is 65.2 Å². The highest BCUT2D eigenvalue weighted by atomic mass is 16.5. The number of ether oxygens (including phenoxy) is 1. The number of nitrogens with one attached hydrogen (secondary N) is 1. The smallest absolute Gasteiger partial charge is 0.271 e. The van der Waals surface area contributed by atoms with E-state index in [4.69, 9.17) is 4.74 Å². The summed E-state index contributed by atoms with van der Waals surface area (Å²) in [5.41, 5.74) is 5.27. The maximum absolute atomic E-state index is 12.1. The van der Waals surface area contributed by atoms with Gasteiger partial charge in [-0.1, -0.05) is 32.9 Å². The molecular weight excluding hydrogens is 288 g/mol. The molecule has 2 aromatic rings. The van der Waals surface area contributed by atoms with Gasteiger partial charge in [-0.2, -0.15) is 5.10 Å². The van der Waals surface area contributed by atoms with Crippen LogP contribution in [0.4, 0.5) is 0 Å². The first-order valence-electron chi connectivity index (χ1n) is 7.48. The first-order valence-corrected chi connectivity index (χ1v) is 7.48. The van der Waals surface area contributed by atoms with Crippen LogP contribution in [-0.2, 0) is 5.41 Å². The van der Waals surface area contributed by atoms with Crippen molar-refractivity contribution < 1.29 is 9.53 Å². The molecule has 1 N–H and O–H groups in total. The molecule has 2 rings (SSSR count). The average molecular weight is 310 g/mol. The van der Waals surface area contributed by atoms with E-state index >= 15 is 0 Å². The van der Waals surface area contributed by atoms with Gasteiger partial charge in [0.2, 0.25) is 0 Å². The number of carbonyl (C=O) groups excluding carboxylic acids is 1. The summed E-state index contributed by atoms with van der Waals surface area (Å²) in [4.78, 5) is 12.1. The molecule has 120 valence electrons. The molecule has 4 nitrogen and oxygen atoms in total. The Hall–Kier alpha value is -2.62. The molecule has 0 saturated heterocycles. The number of rotatable bonds is 4. The Morgan fingerprint density at radius 3 is 2.17 bits per heavy atom. The topological polar surface area (TPSA) is 50.7 Å². The highest BCUT2D eigenvalue weighted by Crippen LogP contribution is 2.22. The van der Waals surface area contributed by atoms with Crippen molar-refractivity contribution in [2.75, 3.05) is 7.11 Å². The minimum atomic E-state index is -0.227. The lowest BCUT2D eigenvalue weighted by atomic mass is 9.87. The van der Waals surface area contributed by atoms with Crippen molar-refractivity contribution in [2.24, 2.45) is 5.10 Å². The second-order valence-electron chi connectivity index (χ2n) is 6.30. The van der Waals surface area contributed by atoms with Crippen LogP contribution in [0.25, 0.3) is 0 Å². The van der Waals surface area contributed by atoms with E-state index in [1.54, 1.807) is 13.3 Å². The highest BCUT2D eigenvalue weighted by molar-refractivity contribution is 5.94. The Labute approximate surface area is 137 Å². The molecule has 0 bridgehead atoms. The normalized spacial score (nSPS) is 11.5. The molecule has 2 aromatic carbocycles. The Balaban J connectivity index is 1.97. The number of methoxy groups -OCH3 is 1. The van der Waals surface area contributed by atoms with Gasteiger partial charge < -0.3 is 4.74 Å². The summed E-state index contributed by atoms with van der Waals surface area (Å²) in [7, 11) is 1.62. The number of nitrogens with zero attached hydrogens (tertiary/aromatic N) is 1. The van der Waals surface area contributed by atoms with Crippen LogP contribution in [0.3, 0.4) is 0 Å². The van der Waals surface area contributed by atoms with Crippen molar-refractivity contribution in [2.45, 2.75) is 26.2 Å².